The minimum Gasteiger partial charge on any atom is -0.491 e. The van der Waals surface area contributed by atoms with Gasteiger partial charge in [-0.1, -0.05) is 30.3 Å². The predicted molar refractivity (Wildman–Crippen MR) is 102 cm³/mol. The number of ether oxygens (including phenoxy) is 2. The van der Waals surface area contributed by atoms with Gasteiger partial charge in [-0.05, 0) is 36.2 Å². The maximum Gasteiger partial charge on any atom is 0.238 e. The predicted octanol–water partition coefficient (Wildman–Crippen LogP) is 2.07. The summed E-state index contributed by atoms with van der Waals surface area (Å²) in [7, 11) is 1.67. The number of rotatable bonds is 7. The van der Waals surface area contributed by atoms with Crippen LogP contribution in [0.1, 0.15) is 18.4 Å². The number of methoxy groups -OCH3 is 1. The van der Waals surface area contributed by atoms with Crippen molar-refractivity contribution in [2.75, 3.05) is 33.4 Å². The second-order valence-electron chi connectivity index (χ2n) is 6.69. The Bertz CT molecular complexity index is 750. The number of nitrogens with zero attached hydrogens (tertiary/aromatic N) is 1. The zero-order chi connectivity index (χ0) is 18.4. The van der Waals surface area contributed by atoms with E-state index in [0.29, 0.717) is 19.8 Å². The molecule has 0 spiro atoms. The zero-order valence-corrected chi connectivity index (χ0v) is 15.2. The van der Waals surface area contributed by atoms with Gasteiger partial charge in [0, 0.05) is 25.8 Å². The number of hydrogen-bond donors (Lipinski definition) is 2. The normalized spacial score (nSPS) is 18.0. The van der Waals surface area contributed by atoms with E-state index in [1.54, 1.807) is 7.11 Å². The van der Waals surface area contributed by atoms with Crippen LogP contribution in [0.5, 0.6) is 5.75 Å². The molecule has 0 radical (unpaired) electrons. The number of nitrogens with one attached hydrogen (secondary N) is 1. The summed E-state index contributed by atoms with van der Waals surface area (Å²) in [4.78, 5) is 14.2. The Kier molecular flexibility index (Phi) is 6.44. The molecule has 1 atom stereocenters. The number of piperidine rings is 1. The van der Waals surface area contributed by atoms with Crippen molar-refractivity contribution in [2.24, 2.45) is 11.8 Å². The Morgan fingerprint density at radius 3 is 2.92 bits per heavy atom. The first-order valence-electron chi connectivity index (χ1n) is 9.08. The fourth-order valence-corrected chi connectivity index (χ4v) is 3.60. The first kappa shape index (κ1) is 18.6. The van der Waals surface area contributed by atoms with E-state index in [1.165, 1.54) is 10.8 Å². The van der Waals surface area contributed by atoms with Crippen LogP contribution < -0.4 is 16.0 Å². The highest BCUT2D eigenvalue weighted by Gasteiger charge is 2.26. The number of hydrogen-bond acceptors (Lipinski definition) is 5. The molecule has 1 aliphatic heterocycles. The monoisotopic (exact) mass is 357 g/mol. The molecule has 0 saturated carbocycles. The molecule has 2 aromatic carbocycles. The number of nitrogens with two attached hydrogens (primary N) is 1. The van der Waals surface area contributed by atoms with Crippen LogP contribution >= 0.6 is 0 Å². The molecular formula is C20H27N3O3. The average molecular weight is 357 g/mol. The molecule has 0 aliphatic carbocycles. The SMILES string of the molecule is COCCOc1ccc2ccccc2c1CN1CCCC(C(=O)NN)C1. The molecule has 1 unspecified atom stereocenters. The molecule has 140 valence electrons. The molecular weight excluding hydrogens is 330 g/mol. The Hall–Kier alpha value is -2.15. The molecule has 1 saturated heterocycles. The molecule has 3 N–H and O–H groups in total. The lowest BCUT2D eigenvalue weighted by Crippen LogP contribution is -2.44. The molecule has 0 bridgehead atoms. The number of amides is 1. The van der Waals surface area contributed by atoms with E-state index in [1.807, 2.05) is 18.2 Å². The summed E-state index contributed by atoms with van der Waals surface area (Å²) in [6, 6.07) is 12.4. The molecule has 26 heavy (non-hydrogen) atoms. The molecule has 6 heteroatoms. The van der Waals surface area contributed by atoms with Gasteiger partial charge in [0.25, 0.3) is 0 Å². The maximum atomic E-state index is 11.9. The maximum absolute atomic E-state index is 11.9. The van der Waals surface area contributed by atoms with Crippen molar-refractivity contribution in [1.82, 2.24) is 10.3 Å². The van der Waals surface area contributed by atoms with Gasteiger partial charge in [-0.15, -0.1) is 0 Å². The van der Waals surface area contributed by atoms with Gasteiger partial charge in [0.15, 0.2) is 0 Å². The summed E-state index contributed by atoms with van der Waals surface area (Å²) in [5, 5.41) is 2.38. The Balaban J connectivity index is 1.84. The van der Waals surface area contributed by atoms with Crippen LogP contribution in [-0.2, 0) is 16.1 Å². The van der Waals surface area contributed by atoms with Gasteiger partial charge in [-0.2, -0.15) is 0 Å². The lowest BCUT2D eigenvalue weighted by molar-refractivity contribution is -0.126. The summed E-state index contributed by atoms with van der Waals surface area (Å²) in [6.07, 6.45) is 1.87. The van der Waals surface area contributed by atoms with Gasteiger partial charge < -0.3 is 9.47 Å². The fraction of sp³-hybridized carbons (Fsp3) is 0.450. The van der Waals surface area contributed by atoms with Gasteiger partial charge in [0.05, 0.1) is 12.5 Å². The summed E-state index contributed by atoms with van der Waals surface area (Å²) in [6.45, 7) is 3.49. The van der Waals surface area contributed by atoms with Crippen molar-refractivity contribution in [2.45, 2.75) is 19.4 Å². The number of carbonyl (C=O) groups is 1. The lowest BCUT2D eigenvalue weighted by Gasteiger charge is -2.32. The van der Waals surface area contributed by atoms with Crippen molar-refractivity contribution in [3.63, 3.8) is 0 Å². The van der Waals surface area contributed by atoms with Crippen LogP contribution in [0.25, 0.3) is 10.8 Å². The van der Waals surface area contributed by atoms with E-state index in [4.69, 9.17) is 15.3 Å². The van der Waals surface area contributed by atoms with E-state index in [9.17, 15) is 4.79 Å². The summed E-state index contributed by atoms with van der Waals surface area (Å²) >= 11 is 0. The van der Waals surface area contributed by atoms with Crippen molar-refractivity contribution >= 4 is 16.7 Å². The number of carbonyl (C=O) groups excluding carboxylic acids is 1. The number of hydrazine groups is 1. The molecule has 1 amide bonds. The van der Waals surface area contributed by atoms with Crippen LogP contribution in [-0.4, -0.2) is 44.2 Å². The third-order valence-corrected chi connectivity index (χ3v) is 4.94. The highest BCUT2D eigenvalue weighted by molar-refractivity contribution is 5.87. The second-order valence-corrected chi connectivity index (χ2v) is 6.69. The average Bonchev–Trinajstić information content (AvgIpc) is 2.69. The largest absolute Gasteiger partial charge is 0.491 e. The lowest BCUT2D eigenvalue weighted by atomic mass is 9.96. The van der Waals surface area contributed by atoms with E-state index in [-0.39, 0.29) is 11.8 Å². The minimum absolute atomic E-state index is 0.0541. The molecule has 1 aliphatic rings. The molecule has 0 aromatic heterocycles. The standard InChI is InChI=1S/C20H27N3O3/c1-25-11-12-26-19-9-8-15-5-2-3-7-17(15)18(19)14-23-10-4-6-16(13-23)20(24)22-21/h2-3,5,7-9,16H,4,6,10-14,21H2,1H3,(H,22,24). The van der Waals surface area contributed by atoms with Crippen LogP contribution in [0, 0.1) is 5.92 Å². The quantitative estimate of drug-likeness (QED) is 0.343. The van der Waals surface area contributed by atoms with Crippen LogP contribution in [0.2, 0.25) is 0 Å². The van der Waals surface area contributed by atoms with Crippen LogP contribution in [0.4, 0.5) is 0 Å². The smallest absolute Gasteiger partial charge is 0.238 e. The zero-order valence-electron chi connectivity index (χ0n) is 15.2. The van der Waals surface area contributed by atoms with Crippen molar-refractivity contribution < 1.29 is 14.3 Å². The number of likely N-dealkylation sites (tertiary alicyclic amines) is 1. The summed E-state index contributed by atoms with van der Waals surface area (Å²) in [5.74, 6) is 6.06. The van der Waals surface area contributed by atoms with Gasteiger partial charge in [0.2, 0.25) is 5.91 Å². The van der Waals surface area contributed by atoms with Crippen molar-refractivity contribution in [3.8, 4) is 5.75 Å². The minimum atomic E-state index is -0.0795. The van der Waals surface area contributed by atoms with Crippen molar-refractivity contribution in [3.05, 3.63) is 42.0 Å². The topological polar surface area (TPSA) is 76.8 Å². The fourth-order valence-electron chi connectivity index (χ4n) is 3.60. The van der Waals surface area contributed by atoms with Crippen LogP contribution in [0.15, 0.2) is 36.4 Å². The van der Waals surface area contributed by atoms with E-state index in [2.05, 4.69) is 28.5 Å². The van der Waals surface area contributed by atoms with Crippen molar-refractivity contribution in [1.29, 1.82) is 0 Å². The van der Waals surface area contributed by atoms with Crippen LogP contribution in [0.3, 0.4) is 0 Å². The second kappa shape index (κ2) is 8.98. The summed E-state index contributed by atoms with van der Waals surface area (Å²) < 4.78 is 11.1. The van der Waals surface area contributed by atoms with E-state index >= 15 is 0 Å². The number of fused-ring (bicyclic) bond motifs is 1. The Labute approximate surface area is 154 Å². The highest BCUT2D eigenvalue weighted by atomic mass is 16.5. The number of benzene rings is 2. The van der Waals surface area contributed by atoms with Gasteiger partial charge in [0.1, 0.15) is 12.4 Å². The van der Waals surface area contributed by atoms with E-state index in [0.717, 1.165) is 37.2 Å². The molecule has 1 fully saturated rings. The first-order chi connectivity index (χ1) is 12.7. The Morgan fingerprint density at radius 1 is 1.27 bits per heavy atom. The third-order valence-electron chi connectivity index (χ3n) is 4.94. The van der Waals surface area contributed by atoms with Gasteiger partial charge in [-0.3, -0.25) is 15.1 Å². The molecule has 1 heterocycles. The highest BCUT2D eigenvalue weighted by Crippen LogP contribution is 2.31. The van der Waals surface area contributed by atoms with E-state index < -0.39 is 0 Å². The Morgan fingerprint density at radius 2 is 2.12 bits per heavy atom. The van der Waals surface area contributed by atoms with Gasteiger partial charge >= 0.3 is 0 Å². The molecule has 3 rings (SSSR count). The first-order valence-corrected chi connectivity index (χ1v) is 9.08. The molecule has 2 aromatic rings. The summed E-state index contributed by atoms with van der Waals surface area (Å²) in [5.41, 5.74) is 3.45. The third kappa shape index (κ3) is 4.33. The van der Waals surface area contributed by atoms with Gasteiger partial charge in [-0.25, -0.2) is 5.84 Å². The molecule has 6 nitrogen and oxygen atoms in total.